The Kier molecular flexibility index (Phi) is 3.96. The van der Waals surface area contributed by atoms with E-state index >= 15 is 0 Å². The fourth-order valence-corrected chi connectivity index (χ4v) is 4.90. The minimum atomic E-state index is -0.426. The van der Waals surface area contributed by atoms with E-state index in [1.807, 2.05) is 24.3 Å². The fourth-order valence-electron chi connectivity index (χ4n) is 3.82. The van der Waals surface area contributed by atoms with Crippen molar-refractivity contribution in [2.75, 3.05) is 6.54 Å². The first-order valence-corrected chi connectivity index (χ1v) is 10.5. The number of hydrogen-bond donors (Lipinski definition) is 1. The van der Waals surface area contributed by atoms with Crippen LogP contribution in [0.5, 0.6) is 0 Å². The Morgan fingerprint density at radius 1 is 1.26 bits per heavy atom. The number of aromatic nitrogens is 7. The lowest BCUT2D eigenvalue weighted by Gasteiger charge is -2.32. The molecule has 1 aromatic carbocycles. The number of nitrogens with zero attached hydrogens (tertiary/aromatic N) is 7. The summed E-state index contributed by atoms with van der Waals surface area (Å²) in [6, 6.07) is 9.24. The van der Waals surface area contributed by atoms with E-state index < -0.39 is 6.04 Å². The summed E-state index contributed by atoms with van der Waals surface area (Å²) >= 11 is 1.55. The zero-order valence-electron chi connectivity index (χ0n) is 16.4. The Bertz CT molecular complexity index is 1380. The molecule has 0 spiro atoms. The monoisotopic (exact) mass is 432 g/mol. The predicted octanol–water partition coefficient (Wildman–Crippen LogP) is 2.59. The number of carbonyl (C=O) groups is 1. The summed E-state index contributed by atoms with van der Waals surface area (Å²) in [5, 5.41) is 13.0. The average molecular weight is 432 g/mol. The molecular weight excluding hydrogens is 416 g/mol. The summed E-state index contributed by atoms with van der Waals surface area (Å²) < 4.78 is 8.37. The van der Waals surface area contributed by atoms with Crippen molar-refractivity contribution >= 4 is 27.5 Å². The van der Waals surface area contributed by atoms with Crippen LogP contribution in [0, 0.1) is 0 Å². The maximum absolute atomic E-state index is 13.4. The van der Waals surface area contributed by atoms with Crippen molar-refractivity contribution in [2.45, 2.75) is 12.5 Å². The molecule has 154 valence electrons. The summed E-state index contributed by atoms with van der Waals surface area (Å²) in [6.07, 6.45) is 4.09. The van der Waals surface area contributed by atoms with E-state index in [2.05, 4.69) is 25.3 Å². The van der Waals surface area contributed by atoms with Crippen molar-refractivity contribution in [2.24, 2.45) is 7.05 Å². The van der Waals surface area contributed by atoms with Crippen LogP contribution in [0.25, 0.3) is 21.8 Å². The van der Waals surface area contributed by atoms with Gasteiger partial charge in [0.1, 0.15) is 16.7 Å². The second-order valence-electron chi connectivity index (χ2n) is 7.22. The standard InChI is InChI=1S/C20H16N8O2S/c1-27-8-6-13(26-27)17-24-25-18(30-17)20(29)28-9-7-12-15(22-10-21-12)16(28)19-23-11-4-2-3-5-14(11)31-19/h2-6,8,10,16H,7,9H2,1H3,(H,21,22)/t16-/m0/s1. The second-order valence-corrected chi connectivity index (χ2v) is 8.29. The molecule has 1 aliphatic heterocycles. The zero-order chi connectivity index (χ0) is 20.9. The number of aromatic amines is 1. The van der Waals surface area contributed by atoms with Crippen LogP contribution in [0.1, 0.15) is 33.1 Å². The van der Waals surface area contributed by atoms with E-state index in [-0.39, 0.29) is 17.7 Å². The number of rotatable bonds is 3. The molecule has 10 nitrogen and oxygen atoms in total. The number of thiazole rings is 1. The first-order valence-electron chi connectivity index (χ1n) is 9.69. The third kappa shape index (κ3) is 2.93. The van der Waals surface area contributed by atoms with E-state index in [9.17, 15) is 4.79 Å². The van der Waals surface area contributed by atoms with Crippen molar-refractivity contribution < 1.29 is 9.21 Å². The molecule has 1 amide bonds. The van der Waals surface area contributed by atoms with Gasteiger partial charge >= 0.3 is 11.8 Å². The van der Waals surface area contributed by atoms with Crippen molar-refractivity contribution in [3.05, 3.63) is 65.1 Å². The highest BCUT2D eigenvalue weighted by Gasteiger charge is 2.38. The minimum Gasteiger partial charge on any atom is -0.411 e. The number of fused-ring (bicyclic) bond motifs is 2. The summed E-state index contributed by atoms with van der Waals surface area (Å²) in [4.78, 5) is 27.6. The molecule has 0 radical (unpaired) electrons. The maximum Gasteiger partial charge on any atom is 0.312 e. The van der Waals surface area contributed by atoms with Crippen LogP contribution in [0.4, 0.5) is 0 Å². The minimum absolute atomic E-state index is 0.0780. The van der Waals surface area contributed by atoms with Gasteiger partial charge in [-0.2, -0.15) is 5.10 Å². The molecule has 31 heavy (non-hydrogen) atoms. The van der Waals surface area contributed by atoms with E-state index in [0.29, 0.717) is 18.7 Å². The van der Waals surface area contributed by atoms with Crippen molar-refractivity contribution in [1.82, 2.24) is 39.8 Å². The normalized spacial score (nSPS) is 16.0. The lowest BCUT2D eigenvalue weighted by molar-refractivity contribution is 0.0650. The number of para-hydroxylation sites is 1. The number of imidazole rings is 1. The number of nitrogens with one attached hydrogen (secondary N) is 1. The third-order valence-electron chi connectivity index (χ3n) is 5.27. The lowest BCUT2D eigenvalue weighted by Crippen LogP contribution is -2.41. The molecule has 5 aromatic rings. The first-order chi connectivity index (χ1) is 15.2. The van der Waals surface area contributed by atoms with Gasteiger partial charge in [0.05, 0.1) is 22.2 Å². The van der Waals surface area contributed by atoms with Gasteiger partial charge in [0.25, 0.3) is 5.89 Å². The van der Waals surface area contributed by atoms with Gasteiger partial charge in [-0.15, -0.1) is 21.5 Å². The molecule has 1 N–H and O–H groups in total. The van der Waals surface area contributed by atoms with Crippen LogP contribution >= 0.6 is 11.3 Å². The summed E-state index contributed by atoms with van der Waals surface area (Å²) in [5.41, 5.74) is 3.22. The highest BCUT2D eigenvalue weighted by Crippen LogP contribution is 2.38. The van der Waals surface area contributed by atoms with Gasteiger partial charge in [0.2, 0.25) is 0 Å². The molecular formula is C20H16N8O2S. The number of benzene rings is 1. The summed E-state index contributed by atoms with van der Waals surface area (Å²) in [5.74, 6) is -0.226. The van der Waals surface area contributed by atoms with Gasteiger partial charge in [-0.1, -0.05) is 12.1 Å². The van der Waals surface area contributed by atoms with E-state index in [0.717, 1.165) is 26.6 Å². The smallest absolute Gasteiger partial charge is 0.312 e. The van der Waals surface area contributed by atoms with E-state index in [1.54, 1.807) is 46.6 Å². The number of aryl methyl sites for hydroxylation is 1. The van der Waals surface area contributed by atoms with E-state index in [4.69, 9.17) is 9.40 Å². The Balaban J connectivity index is 1.40. The zero-order valence-corrected chi connectivity index (χ0v) is 17.2. The number of hydrogen-bond acceptors (Lipinski definition) is 8. The predicted molar refractivity (Wildman–Crippen MR) is 111 cm³/mol. The van der Waals surface area contributed by atoms with Gasteiger partial charge < -0.3 is 14.3 Å². The van der Waals surface area contributed by atoms with Crippen LogP contribution in [0.15, 0.2) is 47.3 Å². The largest absolute Gasteiger partial charge is 0.411 e. The van der Waals surface area contributed by atoms with Gasteiger partial charge in [-0.3, -0.25) is 9.48 Å². The summed E-state index contributed by atoms with van der Waals surface area (Å²) in [6.45, 7) is 0.482. The highest BCUT2D eigenvalue weighted by atomic mass is 32.1. The van der Waals surface area contributed by atoms with Gasteiger partial charge in [0.15, 0.2) is 0 Å². The Labute approximate surface area is 179 Å². The average Bonchev–Trinajstić information content (AvgIpc) is 3.57. The Morgan fingerprint density at radius 2 is 2.16 bits per heavy atom. The molecule has 11 heteroatoms. The molecule has 5 heterocycles. The Hall–Kier alpha value is -3.86. The molecule has 0 saturated carbocycles. The first kappa shape index (κ1) is 18.0. The molecule has 0 aliphatic carbocycles. The molecule has 4 aromatic heterocycles. The number of amides is 1. The van der Waals surface area contributed by atoms with Crippen molar-refractivity contribution in [3.63, 3.8) is 0 Å². The Morgan fingerprint density at radius 3 is 3.00 bits per heavy atom. The van der Waals surface area contributed by atoms with Crippen molar-refractivity contribution in [3.8, 4) is 11.6 Å². The van der Waals surface area contributed by atoms with Crippen LogP contribution in [-0.2, 0) is 13.5 Å². The van der Waals surface area contributed by atoms with Crippen LogP contribution in [0.2, 0.25) is 0 Å². The quantitative estimate of drug-likeness (QED) is 0.465. The summed E-state index contributed by atoms with van der Waals surface area (Å²) in [7, 11) is 1.80. The molecule has 1 atom stereocenters. The highest BCUT2D eigenvalue weighted by molar-refractivity contribution is 7.18. The van der Waals surface area contributed by atoms with Crippen LogP contribution < -0.4 is 0 Å². The third-order valence-corrected chi connectivity index (χ3v) is 6.36. The number of carbonyl (C=O) groups excluding carboxylic acids is 1. The fraction of sp³-hybridized carbons (Fsp3) is 0.200. The van der Waals surface area contributed by atoms with E-state index in [1.165, 1.54) is 0 Å². The molecule has 0 fully saturated rings. The SMILES string of the molecule is Cn1ccc(-c2nnc(C(=O)N3CCc4[nH]cnc4[C@H]3c3nc4ccccc4s3)o2)n1. The molecule has 0 unspecified atom stereocenters. The molecule has 0 bridgehead atoms. The van der Waals surface area contributed by atoms with Crippen LogP contribution in [0.3, 0.4) is 0 Å². The second kappa shape index (κ2) is 6.84. The molecule has 1 aliphatic rings. The van der Waals surface area contributed by atoms with Gasteiger partial charge in [-0.05, 0) is 18.2 Å². The topological polar surface area (TPSA) is 119 Å². The van der Waals surface area contributed by atoms with Crippen LogP contribution in [-0.4, -0.2) is 52.3 Å². The number of H-pyrrole nitrogens is 1. The van der Waals surface area contributed by atoms with Crippen molar-refractivity contribution in [1.29, 1.82) is 0 Å². The van der Waals surface area contributed by atoms with Gasteiger partial charge in [-0.25, -0.2) is 9.97 Å². The molecule has 0 saturated heterocycles. The molecule has 6 rings (SSSR count). The maximum atomic E-state index is 13.4. The lowest BCUT2D eigenvalue weighted by atomic mass is 10.0. The van der Waals surface area contributed by atoms with Gasteiger partial charge in [0, 0.05) is 31.9 Å².